The normalized spacial score (nSPS) is 15.7. The van der Waals surface area contributed by atoms with Crippen molar-refractivity contribution in [3.8, 4) is 5.69 Å². The second-order valence-electron chi connectivity index (χ2n) is 6.21. The molecule has 3 rings (SSSR count). The largest absolute Gasteiger partial charge is 0.381 e. The Bertz CT molecular complexity index is 814. The second kappa shape index (κ2) is 6.54. The predicted octanol–water partition coefficient (Wildman–Crippen LogP) is 2.04. The monoisotopic (exact) mass is 314 g/mol. The third kappa shape index (κ3) is 3.15. The highest BCUT2D eigenvalue weighted by Crippen LogP contribution is 2.17. The highest BCUT2D eigenvalue weighted by Gasteiger charge is 2.16. The Morgan fingerprint density at radius 2 is 1.83 bits per heavy atom. The molecule has 122 valence electrons. The van der Waals surface area contributed by atoms with Gasteiger partial charge in [0, 0.05) is 32.2 Å². The van der Waals surface area contributed by atoms with Crippen LogP contribution in [0, 0.1) is 19.8 Å². The molecule has 0 radical (unpaired) electrons. The molecule has 0 N–H and O–H groups in total. The van der Waals surface area contributed by atoms with Crippen molar-refractivity contribution < 1.29 is 4.74 Å². The number of aryl methyl sites for hydroxylation is 1. The van der Waals surface area contributed by atoms with Gasteiger partial charge in [-0.3, -0.25) is 14.2 Å². The molecular formula is C18H22N2O3. The second-order valence-corrected chi connectivity index (χ2v) is 6.21. The quantitative estimate of drug-likeness (QED) is 0.815. The predicted molar refractivity (Wildman–Crippen MR) is 89.3 cm³/mol. The average molecular weight is 314 g/mol. The minimum Gasteiger partial charge on any atom is -0.381 e. The summed E-state index contributed by atoms with van der Waals surface area (Å²) in [7, 11) is 0. The fourth-order valence-electron chi connectivity index (χ4n) is 3.05. The van der Waals surface area contributed by atoms with E-state index < -0.39 is 11.1 Å². The topological polar surface area (TPSA) is 53.2 Å². The standard InChI is InChI=1S/C18H22N2O3/c1-13-4-3-5-16(14(13)2)20-9-8-19(17(21)18(20)22)12-15-6-10-23-11-7-15/h3-5,8-9,15H,6-7,10-12H2,1-2H3. The fourth-order valence-corrected chi connectivity index (χ4v) is 3.05. The van der Waals surface area contributed by atoms with Gasteiger partial charge in [0.15, 0.2) is 0 Å². The molecule has 1 aromatic carbocycles. The number of aromatic nitrogens is 2. The molecule has 5 nitrogen and oxygen atoms in total. The fraction of sp³-hybridized carbons (Fsp3) is 0.444. The number of ether oxygens (including phenoxy) is 1. The first-order chi connectivity index (χ1) is 11.1. The van der Waals surface area contributed by atoms with E-state index in [1.165, 1.54) is 4.57 Å². The van der Waals surface area contributed by atoms with Crippen molar-refractivity contribution in [3.63, 3.8) is 0 Å². The van der Waals surface area contributed by atoms with E-state index in [2.05, 4.69) is 0 Å². The van der Waals surface area contributed by atoms with Crippen LogP contribution in [0.15, 0.2) is 40.2 Å². The molecule has 0 bridgehead atoms. The molecule has 0 unspecified atom stereocenters. The van der Waals surface area contributed by atoms with Gasteiger partial charge in [-0.05, 0) is 49.8 Å². The molecule has 5 heteroatoms. The van der Waals surface area contributed by atoms with E-state index in [0.717, 1.165) is 42.9 Å². The van der Waals surface area contributed by atoms with E-state index in [-0.39, 0.29) is 0 Å². The van der Waals surface area contributed by atoms with Crippen LogP contribution in [-0.4, -0.2) is 22.3 Å². The van der Waals surface area contributed by atoms with Gasteiger partial charge in [0.05, 0.1) is 5.69 Å². The van der Waals surface area contributed by atoms with Crippen LogP contribution in [0.4, 0.5) is 0 Å². The van der Waals surface area contributed by atoms with Crippen LogP contribution in [0.2, 0.25) is 0 Å². The zero-order valence-corrected chi connectivity index (χ0v) is 13.6. The van der Waals surface area contributed by atoms with Crippen molar-refractivity contribution in [3.05, 3.63) is 62.4 Å². The minimum absolute atomic E-state index is 0.400. The number of hydrogen-bond acceptors (Lipinski definition) is 3. The first-order valence-electron chi connectivity index (χ1n) is 8.04. The molecule has 0 saturated carbocycles. The molecule has 0 spiro atoms. The van der Waals surface area contributed by atoms with Crippen LogP contribution in [0.25, 0.3) is 5.69 Å². The Labute approximate surface area is 135 Å². The molecule has 1 saturated heterocycles. The number of rotatable bonds is 3. The lowest BCUT2D eigenvalue weighted by Crippen LogP contribution is -2.41. The molecule has 2 aromatic rings. The van der Waals surface area contributed by atoms with E-state index in [4.69, 9.17) is 4.74 Å². The van der Waals surface area contributed by atoms with Crippen LogP contribution in [0.1, 0.15) is 24.0 Å². The van der Waals surface area contributed by atoms with Gasteiger partial charge in [0.1, 0.15) is 0 Å². The molecule has 23 heavy (non-hydrogen) atoms. The van der Waals surface area contributed by atoms with Crippen molar-refractivity contribution in [2.24, 2.45) is 5.92 Å². The first-order valence-corrected chi connectivity index (χ1v) is 8.04. The Balaban J connectivity index is 1.96. The molecule has 1 fully saturated rings. The van der Waals surface area contributed by atoms with Crippen LogP contribution in [-0.2, 0) is 11.3 Å². The molecule has 1 aromatic heterocycles. The summed E-state index contributed by atoms with van der Waals surface area (Å²) in [4.78, 5) is 24.9. The maximum atomic E-state index is 12.5. The molecule has 0 aliphatic carbocycles. The van der Waals surface area contributed by atoms with Gasteiger partial charge in [-0.25, -0.2) is 0 Å². The summed E-state index contributed by atoms with van der Waals surface area (Å²) in [6, 6.07) is 5.76. The van der Waals surface area contributed by atoms with E-state index >= 15 is 0 Å². The lowest BCUT2D eigenvalue weighted by molar-refractivity contribution is 0.0609. The summed E-state index contributed by atoms with van der Waals surface area (Å²) in [6.07, 6.45) is 5.30. The molecule has 1 aliphatic rings. The summed E-state index contributed by atoms with van der Waals surface area (Å²) in [6.45, 7) is 6.02. The number of nitrogens with zero attached hydrogens (tertiary/aromatic N) is 2. The van der Waals surface area contributed by atoms with Gasteiger partial charge < -0.3 is 9.30 Å². The lowest BCUT2D eigenvalue weighted by atomic mass is 10.0. The average Bonchev–Trinajstić information content (AvgIpc) is 2.56. The third-order valence-corrected chi connectivity index (χ3v) is 4.69. The minimum atomic E-state index is -0.492. The maximum Gasteiger partial charge on any atom is 0.320 e. The number of hydrogen-bond donors (Lipinski definition) is 0. The zero-order chi connectivity index (χ0) is 16.4. The van der Waals surface area contributed by atoms with Crippen molar-refractivity contribution in [1.29, 1.82) is 0 Å². The van der Waals surface area contributed by atoms with Crippen molar-refractivity contribution >= 4 is 0 Å². The Morgan fingerprint density at radius 1 is 1.09 bits per heavy atom. The summed E-state index contributed by atoms with van der Waals surface area (Å²) < 4.78 is 8.33. The molecule has 0 amide bonds. The van der Waals surface area contributed by atoms with Crippen molar-refractivity contribution in [1.82, 2.24) is 9.13 Å². The molecular weight excluding hydrogens is 292 g/mol. The molecule has 2 heterocycles. The summed E-state index contributed by atoms with van der Waals surface area (Å²) >= 11 is 0. The van der Waals surface area contributed by atoms with Gasteiger partial charge in [-0.15, -0.1) is 0 Å². The van der Waals surface area contributed by atoms with Gasteiger partial charge >= 0.3 is 11.1 Å². The van der Waals surface area contributed by atoms with E-state index in [1.54, 1.807) is 17.0 Å². The van der Waals surface area contributed by atoms with Crippen molar-refractivity contribution in [2.45, 2.75) is 33.2 Å². The maximum absolute atomic E-state index is 12.5. The molecule has 0 atom stereocenters. The smallest absolute Gasteiger partial charge is 0.320 e. The van der Waals surface area contributed by atoms with Crippen molar-refractivity contribution in [2.75, 3.05) is 13.2 Å². The van der Waals surface area contributed by atoms with Gasteiger partial charge in [0.25, 0.3) is 0 Å². The first kappa shape index (κ1) is 15.7. The number of benzene rings is 1. The molecule has 1 aliphatic heterocycles. The zero-order valence-electron chi connectivity index (χ0n) is 13.6. The summed E-state index contributed by atoms with van der Waals surface area (Å²) in [5, 5.41) is 0. The van der Waals surface area contributed by atoms with Gasteiger partial charge in [0.2, 0.25) is 0 Å². The SMILES string of the molecule is Cc1cccc(-n2ccn(CC3CCOCC3)c(=O)c2=O)c1C. The summed E-state index contributed by atoms with van der Waals surface area (Å²) in [5.74, 6) is 0.400. The van der Waals surface area contributed by atoms with Crippen LogP contribution < -0.4 is 11.1 Å². The van der Waals surface area contributed by atoms with E-state index in [0.29, 0.717) is 12.5 Å². The summed E-state index contributed by atoms with van der Waals surface area (Å²) in [5.41, 5.74) is 1.93. The Kier molecular flexibility index (Phi) is 4.48. The highest BCUT2D eigenvalue weighted by atomic mass is 16.5. The lowest BCUT2D eigenvalue weighted by Gasteiger charge is -2.22. The van der Waals surface area contributed by atoms with E-state index in [1.807, 2.05) is 32.0 Å². The van der Waals surface area contributed by atoms with Gasteiger partial charge in [-0.2, -0.15) is 0 Å². The van der Waals surface area contributed by atoms with Crippen LogP contribution >= 0.6 is 0 Å². The third-order valence-electron chi connectivity index (χ3n) is 4.69. The van der Waals surface area contributed by atoms with Gasteiger partial charge in [-0.1, -0.05) is 12.1 Å². The van der Waals surface area contributed by atoms with Crippen LogP contribution in [0.5, 0.6) is 0 Å². The Morgan fingerprint density at radius 3 is 2.57 bits per heavy atom. The Hall–Kier alpha value is -2.14. The van der Waals surface area contributed by atoms with Crippen LogP contribution in [0.3, 0.4) is 0 Å². The highest BCUT2D eigenvalue weighted by molar-refractivity contribution is 5.44. The van der Waals surface area contributed by atoms with E-state index in [9.17, 15) is 9.59 Å².